The van der Waals surface area contributed by atoms with Crippen molar-refractivity contribution in [3.8, 4) is 11.1 Å². The molecule has 3 heteroatoms. The van der Waals surface area contributed by atoms with Crippen LogP contribution in [0.15, 0.2) is 29.6 Å². The maximum absolute atomic E-state index is 13.2. The first-order valence-corrected chi connectivity index (χ1v) is 5.62. The topological polar surface area (TPSA) is 26.0 Å². The van der Waals surface area contributed by atoms with Crippen LogP contribution in [-0.4, -0.2) is 0 Å². The van der Waals surface area contributed by atoms with E-state index in [0.717, 1.165) is 21.6 Å². The largest absolute Gasteiger partial charge is 0.326 e. The van der Waals surface area contributed by atoms with E-state index in [0.29, 0.717) is 6.54 Å². The predicted octanol–water partition coefficient (Wildman–Crippen LogP) is 3.32. The molecular formula is C12H12FNS. The second kappa shape index (κ2) is 4.13. The number of aryl methyl sites for hydroxylation is 1. The van der Waals surface area contributed by atoms with Crippen molar-refractivity contribution in [2.45, 2.75) is 13.5 Å². The first kappa shape index (κ1) is 10.3. The van der Waals surface area contributed by atoms with Gasteiger partial charge in [0.1, 0.15) is 5.82 Å². The minimum absolute atomic E-state index is 0.189. The predicted molar refractivity (Wildman–Crippen MR) is 62.3 cm³/mol. The monoisotopic (exact) mass is 221 g/mol. The van der Waals surface area contributed by atoms with Gasteiger partial charge in [0.05, 0.1) is 0 Å². The zero-order valence-electron chi connectivity index (χ0n) is 8.46. The number of benzene rings is 1. The van der Waals surface area contributed by atoms with E-state index in [1.165, 1.54) is 6.07 Å². The molecule has 2 N–H and O–H groups in total. The van der Waals surface area contributed by atoms with E-state index in [9.17, 15) is 4.39 Å². The first-order valence-electron chi connectivity index (χ1n) is 4.74. The summed E-state index contributed by atoms with van der Waals surface area (Å²) in [6.07, 6.45) is 0. The average molecular weight is 221 g/mol. The Balaban J connectivity index is 2.44. The lowest BCUT2D eigenvalue weighted by atomic mass is 10.1. The van der Waals surface area contributed by atoms with E-state index < -0.39 is 0 Å². The number of hydrogen-bond acceptors (Lipinski definition) is 2. The summed E-state index contributed by atoms with van der Waals surface area (Å²) in [6, 6.07) is 7.07. The van der Waals surface area contributed by atoms with Crippen molar-refractivity contribution in [1.29, 1.82) is 0 Å². The fourth-order valence-electron chi connectivity index (χ4n) is 1.54. The highest BCUT2D eigenvalue weighted by atomic mass is 32.1. The van der Waals surface area contributed by atoms with Gasteiger partial charge in [0.15, 0.2) is 0 Å². The van der Waals surface area contributed by atoms with Crippen molar-refractivity contribution in [3.63, 3.8) is 0 Å². The smallest absolute Gasteiger partial charge is 0.124 e. The van der Waals surface area contributed by atoms with Crippen molar-refractivity contribution in [1.82, 2.24) is 0 Å². The van der Waals surface area contributed by atoms with E-state index in [-0.39, 0.29) is 5.82 Å². The number of halogens is 1. The number of rotatable bonds is 2. The first-order chi connectivity index (χ1) is 7.19. The molecule has 0 spiro atoms. The maximum atomic E-state index is 13.2. The molecule has 0 aliphatic carbocycles. The zero-order valence-corrected chi connectivity index (χ0v) is 9.27. The summed E-state index contributed by atoms with van der Waals surface area (Å²) in [5, 5.41) is 2.01. The Morgan fingerprint density at radius 3 is 2.60 bits per heavy atom. The Morgan fingerprint density at radius 1 is 1.20 bits per heavy atom. The average Bonchev–Trinajstić information content (AvgIpc) is 2.64. The van der Waals surface area contributed by atoms with Crippen molar-refractivity contribution < 1.29 is 4.39 Å². The van der Waals surface area contributed by atoms with Gasteiger partial charge in [0, 0.05) is 11.4 Å². The summed E-state index contributed by atoms with van der Waals surface area (Å²) in [4.78, 5) is 1.12. The number of nitrogens with two attached hydrogens (primary N) is 1. The van der Waals surface area contributed by atoms with Crippen molar-refractivity contribution in [2.75, 3.05) is 0 Å². The second-order valence-electron chi connectivity index (χ2n) is 3.52. The molecule has 0 atom stereocenters. The Bertz CT molecular complexity index is 456. The molecule has 0 radical (unpaired) electrons. The van der Waals surface area contributed by atoms with Crippen LogP contribution in [0.1, 0.15) is 10.4 Å². The minimum Gasteiger partial charge on any atom is -0.326 e. The maximum Gasteiger partial charge on any atom is 0.124 e. The molecule has 1 heterocycles. The summed E-state index contributed by atoms with van der Waals surface area (Å²) >= 11 is 1.61. The number of thiophene rings is 1. The zero-order chi connectivity index (χ0) is 10.8. The quantitative estimate of drug-likeness (QED) is 0.827. The van der Waals surface area contributed by atoms with E-state index in [1.807, 2.05) is 24.4 Å². The summed E-state index contributed by atoms with van der Waals surface area (Å²) in [7, 11) is 0. The molecule has 0 aliphatic heterocycles. The van der Waals surface area contributed by atoms with Crippen molar-refractivity contribution in [3.05, 3.63) is 45.9 Å². The van der Waals surface area contributed by atoms with Crippen LogP contribution in [0.25, 0.3) is 11.1 Å². The molecule has 2 aromatic rings. The van der Waals surface area contributed by atoms with Crippen LogP contribution in [0, 0.1) is 12.7 Å². The molecule has 1 aromatic heterocycles. The molecule has 0 unspecified atom stereocenters. The van der Waals surface area contributed by atoms with Crippen LogP contribution < -0.4 is 5.73 Å². The van der Waals surface area contributed by atoms with Crippen LogP contribution in [0.5, 0.6) is 0 Å². The highest BCUT2D eigenvalue weighted by molar-refractivity contribution is 7.10. The third-order valence-corrected chi connectivity index (χ3v) is 3.19. The van der Waals surface area contributed by atoms with Gasteiger partial charge in [0.2, 0.25) is 0 Å². The molecule has 0 amide bonds. The molecule has 2 rings (SSSR count). The molecule has 0 bridgehead atoms. The minimum atomic E-state index is -0.189. The van der Waals surface area contributed by atoms with Crippen LogP contribution in [0.3, 0.4) is 0 Å². The van der Waals surface area contributed by atoms with Gasteiger partial charge in [-0.2, -0.15) is 0 Å². The molecule has 0 aliphatic rings. The number of hydrogen-bond donors (Lipinski definition) is 1. The van der Waals surface area contributed by atoms with Crippen molar-refractivity contribution in [2.24, 2.45) is 5.73 Å². The van der Waals surface area contributed by atoms with Gasteiger partial charge in [0.25, 0.3) is 0 Å². The SMILES string of the molecule is Cc1cc(F)cc(-c2csc(CN)c2)c1. The van der Waals surface area contributed by atoms with E-state index >= 15 is 0 Å². The van der Waals surface area contributed by atoms with E-state index in [4.69, 9.17) is 5.73 Å². The van der Waals surface area contributed by atoms with Gasteiger partial charge in [-0.05, 0) is 47.2 Å². The molecule has 0 fully saturated rings. The lowest BCUT2D eigenvalue weighted by Gasteiger charge is -2.00. The van der Waals surface area contributed by atoms with E-state index in [1.54, 1.807) is 17.4 Å². The van der Waals surface area contributed by atoms with Gasteiger partial charge in [-0.3, -0.25) is 0 Å². The molecular weight excluding hydrogens is 209 g/mol. The van der Waals surface area contributed by atoms with Crippen LogP contribution in [0.2, 0.25) is 0 Å². The summed E-state index contributed by atoms with van der Waals surface area (Å²) in [5.41, 5.74) is 8.44. The fraction of sp³-hybridized carbons (Fsp3) is 0.167. The summed E-state index contributed by atoms with van der Waals surface area (Å²) in [5.74, 6) is -0.189. The molecule has 15 heavy (non-hydrogen) atoms. The molecule has 0 saturated carbocycles. The van der Waals surface area contributed by atoms with Gasteiger partial charge in [-0.1, -0.05) is 6.07 Å². The lowest BCUT2D eigenvalue weighted by molar-refractivity contribution is 0.627. The van der Waals surface area contributed by atoms with Gasteiger partial charge in [-0.15, -0.1) is 11.3 Å². The summed E-state index contributed by atoms with van der Waals surface area (Å²) < 4.78 is 13.2. The fourth-order valence-corrected chi connectivity index (χ4v) is 2.32. The third kappa shape index (κ3) is 2.25. The molecule has 0 saturated heterocycles. The second-order valence-corrected chi connectivity index (χ2v) is 4.52. The standard InChI is InChI=1S/C12H12FNS/c1-8-2-9(4-11(13)3-8)10-5-12(6-14)15-7-10/h2-5,7H,6,14H2,1H3. The molecule has 1 aromatic carbocycles. The van der Waals surface area contributed by atoms with Crippen LogP contribution >= 0.6 is 11.3 Å². The van der Waals surface area contributed by atoms with E-state index in [2.05, 4.69) is 0 Å². The Kier molecular flexibility index (Phi) is 2.84. The lowest BCUT2D eigenvalue weighted by Crippen LogP contribution is -1.91. The molecule has 1 nitrogen and oxygen atoms in total. The summed E-state index contributed by atoms with van der Waals surface area (Å²) in [6.45, 7) is 2.43. The van der Waals surface area contributed by atoms with Crippen LogP contribution in [0.4, 0.5) is 4.39 Å². The van der Waals surface area contributed by atoms with Crippen molar-refractivity contribution >= 4 is 11.3 Å². The Labute approximate surface area is 92.4 Å². The highest BCUT2D eigenvalue weighted by Gasteiger charge is 2.03. The Hall–Kier alpha value is -1.19. The highest BCUT2D eigenvalue weighted by Crippen LogP contribution is 2.26. The molecule has 78 valence electrons. The van der Waals surface area contributed by atoms with Crippen LogP contribution in [-0.2, 0) is 6.54 Å². The van der Waals surface area contributed by atoms with Gasteiger partial charge >= 0.3 is 0 Å². The normalized spacial score (nSPS) is 10.6. The third-order valence-electron chi connectivity index (χ3n) is 2.23. The van der Waals surface area contributed by atoms with Gasteiger partial charge < -0.3 is 5.73 Å². The van der Waals surface area contributed by atoms with Gasteiger partial charge in [-0.25, -0.2) is 4.39 Å². The Morgan fingerprint density at radius 2 is 2.00 bits per heavy atom.